The summed E-state index contributed by atoms with van der Waals surface area (Å²) in [6.07, 6.45) is 0. The lowest BCUT2D eigenvalue weighted by molar-refractivity contribution is 0.174. The topological polar surface area (TPSA) is 93.8 Å². The quantitative estimate of drug-likeness (QED) is 0.646. The fraction of sp³-hybridized carbons (Fsp3) is 0.471. The molecule has 0 saturated heterocycles. The van der Waals surface area contributed by atoms with Crippen LogP contribution in [0.1, 0.15) is 38.0 Å². The van der Waals surface area contributed by atoms with E-state index in [0.29, 0.717) is 30.8 Å². The molecule has 0 unspecified atom stereocenters. The average Bonchev–Trinajstić information content (AvgIpc) is 3.23. The number of nitrogens with one attached hydrogen (secondary N) is 2. The van der Waals surface area contributed by atoms with Crippen molar-refractivity contribution in [2.45, 2.75) is 39.3 Å². The zero-order valence-electron chi connectivity index (χ0n) is 14.9. The van der Waals surface area contributed by atoms with Crippen LogP contribution in [-0.2, 0) is 18.5 Å². The molecular formula is C17H23N5O3. The van der Waals surface area contributed by atoms with E-state index in [0.717, 1.165) is 17.1 Å². The number of hydrogen-bond donors (Lipinski definition) is 2. The van der Waals surface area contributed by atoms with Crippen molar-refractivity contribution in [1.82, 2.24) is 20.8 Å². The van der Waals surface area contributed by atoms with Crippen LogP contribution < -0.4 is 20.1 Å². The van der Waals surface area contributed by atoms with Crippen LogP contribution in [0.3, 0.4) is 0 Å². The SMILES string of the molecule is CN=C(NCc1ccc2c(c1)OCO2)NCc1noc(C(C)(C)C)n1. The number of rotatable bonds is 4. The number of aromatic nitrogens is 2. The Hall–Kier alpha value is -2.77. The van der Waals surface area contributed by atoms with E-state index in [4.69, 9.17) is 14.0 Å². The molecule has 8 nitrogen and oxygen atoms in total. The minimum Gasteiger partial charge on any atom is -0.454 e. The summed E-state index contributed by atoms with van der Waals surface area (Å²) in [6, 6.07) is 5.85. The molecule has 0 bridgehead atoms. The van der Waals surface area contributed by atoms with Gasteiger partial charge in [-0.3, -0.25) is 4.99 Å². The van der Waals surface area contributed by atoms with E-state index in [1.807, 2.05) is 39.0 Å². The second-order valence-corrected chi connectivity index (χ2v) is 6.73. The van der Waals surface area contributed by atoms with Crippen LogP contribution in [0.25, 0.3) is 0 Å². The molecule has 0 radical (unpaired) electrons. The maximum absolute atomic E-state index is 5.38. The average molecular weight is 345 g/mol. The minimum atomic E-state index is -0.162. The highest BCUT2D eigenvalue weighted by molar-refractivity contribution is 5.79. The van der Waals surface area contributed by atoms with E-state index in [9.17, 15) is 0 Å². The lowest BCUT2D eigenvalue weighted by Crippen LogP contribution is -2.36. The Morgan fingerprint density at radius 2 is 1.92 bits per heavy atom. The van der Waals surface area contributed by atoms with Crippen molar-refractivity contribution in [2.24, 2.45) is 4.99 Å². The van der Waals surface area contributed by atoms with E-state index in [1.54, 1.807) is 7.05 Å². The van der Waals surface area contributed by atoms with Gasteiger partial charge in [-0.05, 0) is 17.7 Å². The highest BCUT2D eigenvalue weighted by Gasteiger charge is 2.21. The molecule has 0 aliphatic carbocycles. The number of aliphatic imine (C=N–C) groups is 1. The predicted octanol–water partition coefficient (Wildman–Crippen LogP) is 1.96. The highest BCUT2D eigenvalue weighted by atomic mass is 16.7. The fourth-order valence-corrected chi connectivity index (χ4v) is 2.25. The van der Waals surface area contributed by atoms with Crippen LogP contribution in [-0.4, -0.2) is 29.9 Å². The van der Waals surface area contributed by atoms with Crippen LogP contribution in [0.5, 0.6) is 11.5 Å². The van der Waals surface area contributed by atoms with Gasteiger partial charge in [0.1, 0.15) is 0 Å². The normalized spacial score (nSPS) is 13.8. The van der Waals surface area contributed by atoms with Crippen LogP contribution >= 0.6 is 0 Å². The molecule has 2 heterocycles. The molecule has 134 valence electrons. The van der Waals surface area contributed by atoms with Gasteiger partial charge < -0.3 is 24.6 Å². The Labute approximate surface area is 146 Å². The highest BCUT2D eigenvalue weighted by Crippen LogP contribution is 2.32. The monoisotopic (exact) mass is 345 g/mol. The predicted molar refractivity (Wildman–Crippen MR) is 92.6 cm³/mol. The van der Waals surface area contributed by atoms with Crippen molar-refractivity contribution in [3.8, 4) is 11.5 Å². The summed E-state index contributed by atoms with van der Waals surface area (Å²) in [5.41, 5.74) is 0.909. The minimum absolute atomic E-state index is 0.162. The molecule has 1 aromatic carbocycles. The number of benzene rings is 1. The van der Waals surface area contributed by atoms with Crippen molar-refractivity contribution in [3.05, 3.63) is 35.5 Å². The maximum Gasteiger partial charge on any atom is 0.232 e. The maximum atomic E-state index is 5.38. The molecule has 2 N–H and O–H groups in total. The third-order valence-electron chi connectivity index (χ3n) is 3.64. The number of ether oxygens (including phenoxy) is 2. The van der Waals surface area contributed by atoms with Gasteiger partial charge in [0.2, 0.25) is 12.7 Å². The number of guanidine groups is 1. The van der Waals surface area contributed by atoms with Crippen molar-refractivity contribution in [2.75, 3.05) is 13.8 Å². The first-order valence-corrected chi connectivity index (χ1v) is 8.12. The van der Waals surface area contributed by atoms with Crippen LogP contribution in [0.4, 0.5) is 0 Å². The summed E-state index contributed by atoms with van der Waals surface area (Å²) in [7, 11) is 1.71. The second-order valence-electron chi connectivity index (χ2n) is 6.73. The molecule has 2 aromatic rings. The number of hydrogen-bond acceptors (Lipinski definition) is 6. The number of nitrogens with zero attached hydrogens (tertiary/aromatic N) is 3. The van der Waals surface area contributed by atoms with Crippen LogP contribution in [0.15, 0.2) is 27.7 Å². The Morgan fingerprint density at radius 3 is 2.64 bits per heavy atom. The lowest BCUT2D eigenvalue weighted by Gasteiger charge is -2.11. The number of fused-ring (bicyclic) bond motifs is 1. The molecule has 0 atom stereocenters. The molecular weight excluding hydrogens is 322 g/mol. The van der Waals surface area contributed by atoms with E-state index in [1.165, 1.54) is 0 Å². The first-order valence-electron chi connectivity index (χ1n) is 8.12. The molecule has 3 rings (SSSR count). The first-order chi connectivity index (χ1) is 12.0. The lowest BCUT2D eigenvalue weighted by atomic mass is 9.97. The van der Waals surface area contributed by atoms with Gasteiger partial charge in [0, 0.05) is 19.0 Å². The summed E-state index contributed by atoms with van der Waals surface area (Å²) in [5, 5.41) is 10.4. The van der Waals surface area contributed by atoms with Gasteiger partial charge in [0.05, 0.1) is 6.54 Å². The van der Waals surface area contributed by atoms with Gasteiger partial charge in [-0.2, -0.15) is 4.98 Å². The van der Waals surface area contributed by atoms with E-state index < -0.39 is 0 Å². The second kappa shape index (κ2) is 7.00. The van der Waals surface area contributed by atoms with E-state index in [-0.39, 0.29) is 12.2 Å². The van der Waals surface area contributed by atoms with Gasteiger partial charge in [0.15, 0.2) is 23.3 Å². The van der Waals surface area contributed by atoms with Gasteiger partial charge >= 0.3 is 0 Å². The van der Waals surface area contributed by atoms with Crippen molar-refractivity contribution in [1.29, 1.82) is 0 Å². The zero-order chi connectivity index (χ0) is 17.9. The summed E-state index contributed by atoms with van der Waals surface area (Å²) in [6.45, 7) is 7.41. The Balaban J connectivity index is 1.52. The molecule has 0 spiro atoms. The third kappa shape index (κ3) is 4.20. The fourth-order valence-electron chi connectivity index (χ4n) is 2.25. The Morgan fingerprint density at radius 1 is 1.16 bits per heavy atom. The van der Waals surface area contributed by atoms with Gasteiger partial charge in [0.25, 0.3) is 0 Å². The molecule has 1 aliphatic heterocycles. The molecule has 0 fully saturated rings. The van der Waals surface area contributed by atoms with Gasteiger partial charge in [-0.1, -0.05) is 32.0 Å². The Bertz CT molecular complexity index is 764. The molecule has 0 saturated carbocycles. The summed E-state index contributed by atoms with van der Waals surface area (Å²) >= 11 is 0. The smallest absolute Gasteiger partial charge is 0.232 e. The van der Waals surface area contributed by atoms with Gasteiger partial charge in [-0.15, -0.1) is 0 Å². The summed E-state index contributed by atoms with van der Waals surface area (Å²) < 4.78 is 16.0. The van der Waals surface area contributed by atoms with E-state index >= 15 is 0 Å². The molecule has 1 aliphatic rings. The summed E-state index contributed by atoms with van der Waals surface area (Å²) in [4.78, 5) is 8.59. The molecule has 0 amide bonds. The van der Waals surface area contributed by atoms with Crippen molar-refractivity contribution < 1.29 is 14.0 Å². The van der Waals surface area contributed by atoms with Crippen LogP contribution in [0.2, 0.25) is 0 Å². The molecule has 25 heavy (non-hydrogen) atoms. The Kier molecular flexibility index (Phi) is 4.78. The van der Waals surface area contributed by atoms with E-state index in [2.05, 4.69) is 25.8 Å². The first kappa shape index (κ1) is 17.1. The molecule has 1 aromatic heterocycles. The molecule has 8 heteroatoms. The zero-order valence-corrected chi connectivity index (χ0v) is 14.9. The standard InChI is InChI=1S/C17H23N5O3/c1-17(2,3)15-21-14(22-25-15)9-20-16(18-4)19-8-11-5-6-12-13(7-11)24-10-23-12/h5-7H,8-10H2,1-4H3,(H2,18,19,20). The van der Waals surface area contributed by atoms with Gasteiger partial charge in [-0.25, -0.2) is 0 Å². The largest absolute Gasteiger partial charge is 0.454 e. The van der Waals surface area contributed by atoms with Crippen LogP contribution in [0, 0.1) is 0 Å². The van der Waals surface area contributed by atoms with Crippen molar-refractivity contribution in [3.63, 3.8) is 0 Å². The third-order valence-corrected chi connectivity index (χ3v) is 3.64. The summed E-state index contributed by atoms with van der Waals surface area (Å²) in [5.74, 6) is 3.41. The van der Waals surface area contributed by atoms with Crippen molar-refractivity contribution >= 4 is 5.96 Å².